The van der Waals surface area contributed by atoms with Crippen LogP contribution in [0.15, 0.2) is 12.1 Å². The molecule has 1 aromatic carbocycles. The van der Waals surface area contributed by atoms with Gasteiger partial charge in [0.25, 0.3) is 0 Å². The highest BCUT2D eigenvalue weighted by Gasteiger charge is 2.17. The lowest BCUT2D eigenvalue weighted by molar-refractivity contribution is 0.337. The van der Waals surface area contributed by atoms with Crippen LogP contribution in [0.3, 0.4) is 0 Å². The lowest BCUT2D eigenvalue weighted by Gasteiger charge is -2.23. The SMILES string of the molecule is CCOc1ccc(C(C)C(C)CCN)c(C)c1C. The number of ether oxygens (including phenoxy) is 1. The van der Waals surface area contributed by atoms with Crippen LogP contribution in [0.2, 0.25) is 0 Å². The molecule has 0 amide bonds. The van der Waals surface area contributed by atoms with E-state index in [0.717, 1.165) is 25.3 Å². The monoisotopic (exact) mass is 249 g/mol. The summed E-state index contributed by atoms with van der Waals surface area (Å²) in [5.41, 5.74) is 9.71. The molecule has 0 aliphatic heterocycles. The first-order valence-corrected chi connectivity index (χ1v) is 6.95. The molecular formula is C16H27NO. The van der Waals surface area contributed by atoms with Crippen LogP contribution in [0.25, 0.3) is 0 Å². The Morgan fingerprint density at radius 3 is 2.39 bits per heavy atom. The molecule has 2 atom stereocenters. The second-order valence-corrected chi connectivity index (χ2v) is 5.18. The van der Waals surface area contributed by atoms with Gasteiger partial charge in [-0.3, -0.25) is 0 Å². The molecule has 0 heterocycles. The summed E-state index contributed by atoms with van der Waals surface area (Å²) in [4.78, 5) is 0. The zero-order valence-corrected chi connectivity index (χ0v) is 12.4. The van der Waals surface area contributed by atoms with Crippen LogP contribution in [-0.2, 0) is 0 Å². The van der Waals surface area contributed by atoms with Crippen LogP contribution in [0.5, 0.6) is 5.75 Å². The molecule has 1 rings (SSSR count). The topological polar surface area (TPSA) is 35.2 Å². The van der Waals surface area contributed by atoms with Crippen LogP contribution < -0.4 is 10.5 Å². The zero-order valence-electron chi connectivity index (χ0n) is 12.4. The molecule has 0 spiro atoms. The van der Waals surface area contributed by atoms with Crippen LogP contribution in [0, 0.1) is 19.8 Å². The minimum Gasteiger partial charge on any atom is -0.494 e. The number of rotatable bonds is 6. The predicted octanol–water partition coefficient (Wildman–Crippen LogP) is 3.79. The minimum atomic E-state index is 0.544. The maximum Gasteiger partial charge on any atom is 0.122 e. The molecule has 18 heavy (non-hydrogen) atoms. The zero-order chi connectivity index (χ0) is 13.7. The van der Waals surface area contributed by atoms with Crippen molar-refractivity contribution in [2.75, 3.05) is 13.2 Å². The first-order valence-electron chi connectivity index (χ1n) is 6.95. The summed E-state index contributed by atoms with van der Waals surface area (Å²) >= 11 is 0. The third kappa shape index (κ3) is 3.26. The van der Waals surface area contributed by atoms with E-state index in [0.29, 0.717) is 11.8 Å². The summed E-state index contributed by atoms with van der Waals surface area (Å²) in [6, 6.07) is 4.32. The Kier molecular flexibility index (Phi) is 5.67. The van der Waals surface area contributed by atoms with Crippen molar-refractivity contribution < 1.29 is 4.74 Å². The van der Waals surface area contributed by atoms with Crippen LogP contribution in [0.4, 0.5) is 0 Å². The Bertz CT molecular complexity index is 387. The predicted molar refractivity (Wildman–Crippen MR) is 78.3 cm³/mol. The summed E-state index contributed by atoms with van der Waals surface area (Å²) < 4.78 is 5.64. The molecule has 0 bridgehead atoms. The summed E-state index contributed by atoms with van der Waals surface area (Å²) in [6.07, 6.45) is 1.08. The molecule has 2 heteroatoms. The standard InChI is InChI=1S/C16H27NO/c1-6-18-16-8-7-15(13(4)14(16)5)12(3)11(2)9-10-17/h7-8,11-12H,6,9-10,17H2,1-5H3. The Morgan fingerprint density at radius 1 is 1.17 bits per heavy atom. The normalized spacial score (nSPS) is 14.3. The van der Waals surface area contributed by atoms with Crippen molar-refractivity contribution in [3.63, 3.8) is 0 Å². The second kappa shape index (κ2) is 6.79. The molecular weight excluding hydrogens is 222 g/mol. The van der Waals surface area contributed by atoms with Crippen molar-refractivity contribution in [2.24, 2.45) is 11.7 Å². The highest BCUT2D eigenvalue weighted by atomic mass is 16.5. The van der Waals surface area contributed by atoms with Gasteiger partial charge in [0.05, 0.1) is 6.61 Å². The van der Waals surface area contributed by atoms with Crippen molar-refractivity contribution >= 4 is 0 Å². The number of benzene rings is 1. The first kappa shape index (κ1) is 15.0. The summed E-state index contributed by atoms with van der Waals surface area (Å²) in [5.74, 6) is 2.17. The number of nitrogens with two attached hydrogens (primary N) is 1. The summed E-state index contributed by atoms with van der Waals surface area (Å²) in [5, 5.41) is 0. The third-order valence-corrected chi connectivity index (χ3v) is 4.05. The molecule has 2 unspecified atom stereocenters. The van der Waals surface area contributed by atoms with Gasteiger partial charge in [-0.15, -0.1) is 0 Å². The van der Waals surface area contributed by atoms with E-state index in [9.17, 15) is 0 Å². The van der Waals surface area contributed by atoms with Crippen LogP contribution in [0.1, 0.15) is 49.8 Å². The Hall–Kier alpha value is -1.02. The summed E-state index contributed by atoms with van der Waals surface area (Å²) in [6.45, 7) is 12.4. The van der Waals surface area contributed by atoms with E-state index in [4.69, 9.17) is 10.5 Å². The highest BCUT2D eigenvalue weighted by Crippen LogP contribution is 2.33. The van der Waals surface area contributed by atoms with Crippen molar-refractivity contribution in [1.82, 2.24) is 0 Å². The molecule has 0 fully saturated rings. The number of hydrogen-bond donors (Lipinski definition) is 1. The average molecular weight is 249 g/mol. The van der Waals surface area contributed by atoms with Crippen LogP contribution in [-0.4, -0.2) is 13.2 Å². The van der Waals surface area contributed by atoms with Crippen molar-refractivity contribution in [1.29, 1.82) is 0 Å². The molecule has 0 aliphatic carbocycles. The third-order valence-electron chi connectivity index (χ3n) is 4.05. The van der Waals surface area contributed by atoms with Gasteiger partial charge in [0.2, 0.25) is 0 Å². The van der Waals surface area contributed by atoms with Crippen molar-refractivity contribution in [3.8, 4) is 5.75 Å². The maximum atomic E-state index is 5.66. The fraction of sp³-hybridized carbons (Fsp3) is 0.625. The van der Waals surface area contributed by atoms with Gasteiger partial charge in [0.1, 0.15) is 5.75 Å². The Morgan fingerprint density at radius 2 is 1.83 bits per heavy atom. The molecule has 0 aliphatic rings. The van der Waals surface area contributed by atoms with Gasteiger partial charge in [-0.05, 0) is 68.3 Å². The van der Waals surface area contributed by atoms with Crippen LogP contribution >= 0.6 is 0 Å². The van der Waals surface area contributed by atoms with Gasteiger partial charge in [0, 0.05) is 0 Å². The van der Waals surface area contributed by atoms with E-state index < -0.39 is 0 Å². The molecule has 0 saturated carbocycles. The molecule has 2 nitrogen and oxygen atoms in total. The van der Waals surface area contributed by atoms with Gasteiger partial charge < -0.3 is 10.5 Å². The van der Waals surface area contributed by atoms with Gasteiger partial charge in [-0.2, -0.15) is 0 Å². The van der Waals surface area contributed by atoms with E-state index in [1.54, 1.807) is 0 Å². The average Bonchev–Trinajstić information content (AvgIpc) is 2.35. The fourth-order valence-electron chi connectivity index (χ4n) is 2.44. The minimum absolute atomic E-state index is 0.544. The Labute approximate surface area is 112 Å². The maximum absolute atomic E-state index is 5.66. The Balaban J connectivity index is 3.00. The van der Waals surface area contributed by atoms with Gasteiger partial charge in [-0.1, -0.05) is 19.9 Å². The first-order chi connectivity index (χ1) is 8.52. The molecule has 0 saturated heterocycles. The second-order valence-electron chi connectivity index (χ2n) is 5.18. The lowest BCUT2D eigenvalue weighted by atomic mass is 9.83. The van der Waals surface area contributed by atoms with E-state index in [-0.39, 0.29) is 0 Å². The van der Waals surface area contributed by atoms with E-state index in [1.807, 2.05) is 6.92 Å². The molecule has 2 N–H and O–H groups in total. The van der Waals surface area contributed by atoms with Gasteiger partial charge in [0.15, 0.2) is 0 Å². The summed E-state index contributed by atoms with van der Waals surface area (Å²) in [7, 11) is 0. The van der Waals surface area contributed by atoms with E-state index in [1.165, 1.54) is 16.7 Å². The van der Waals surface area contributed by atoms with Gasteiger partial charge >= 0.3 is 0 Å². The quantitative estimate of drug-likeness (QED) is 0.832. The van der Waals surface area contributed by atoms with Crippen molar-refractivity contribution in [2.45, 2.75) is 47.0 Å². The lowest BCUT2D eigenvalue weighted by Crippen LogP contribution is -2.13. The molecule has 0 aromatic heterocycles. The molecule has 1 aromatic rings. The fourth-order valence-corrected chi connectivity index (χ4v) is 2.44. The van der Waals surface area contributed by atoms with Crippen molar-refractivity contribution in [3.05, 3.63) is 28.8 Å². The van der Waals surface area contributed by atoms with Gasteiger partial charge in [-0.25, -0.2) is 0 Å². The van der Waals surface area contributed by atoms with E-state index >= 15 is 0 Å². The number of hydrogen-bond acceptors (Lipinski definition) is 2. The largest absolute Gasteiger partial charge is 0.494 e. The highest BCUT2D eigenvalue weighted by molar-refractivity contribution is 5.45. The smallest absolute Gasteiger partial charge is 0.122 e. The molecule has 102 valence electrons. The molecule has 0 radical (unpaired) electrons. The van der Waals surface area contributed by atoms with E-state index in [2.05, 4.69) is 39.8 Å².